The first kappa shape index (κ1) is 26.3. The maximum atomic E-state index is 13.0. The van der Waals surface area contributed by atoms with Gasteiger partial charge in [0, 0.05) is 24.4 Å². The second kappa shape index (κ2) is 11.9. The van der Waals surface area contributed by atoms with Gasteiger partial charge in [0.1, 0.15) is 0 Å². The van der Waals surface area contributed by atoms with Crippen molar-refractivity contribution in [3.05, 3.63) is 59.2 Å². The van der Waals surface area contributed by atoms with Crippen molar-refractivity contribution < 1.29 is 14.3 Å². The van der Waals surface area contributed by atoms with Gasteiger partial charge in [-0.15, -0.1) is 0 Å². The van der Waals surface area contributed by atoms with Crippen molar-refractivity contribution in [3.63, 3.8) is 0 Å². The van der Waals surface area contributed by atoms with Crippen LogP contribution in [0.25, 0.3) is 5.57 Å². The summed E-state index contributed by atoms with van der Waals surface area (Å²) in [4.78, 5) is 27.7. The van der Waals surface area contributed by atoms with Gasteiger partial charge < -0.3 is 20.3 Å². The topological polar surface area (TPSA) is 70.7 Å². The third-order valence-corrected chi connectivity index (χ3v) is 6.06. The molecule has 0 fully saturated rings. The summed E-state index contributed by atoms with van der Waals surface area (Å²) < 4.78 is 5.02. The van der Waals surface area contributed by atoms with E-state index >= 15 is 0 Å². The molecule has 3 rings (SSSR count). The molecule has 1 aliphatic rings. The van der Waals surface area contributed by atoms with Crippen LogP contribution in [-0.2, 0) is 9.53 Å². The van der Waals surface area contributed by atoms with Crippen LogP contribution < -0.4 is 15.5 Å². The van der Waals surface area contributed by atoms with Crippen LogP contribution in [0.3, 0.4) is 0 Å². The average Bonchev–Trinajstić information content (AvgIpc) is 3.29. The average molecular weight is 478 g/mol. The summed E-state index contributed by atoms with van der Waals surface area (Å²) in [5, 5.41) is 6.03. The Labute approximate surface area is 209 Å². The number of carbonyl (C=O) groups excluding carboxylic acids is 2. The summed E-state index contributed by atoms with van der Waals surface area (Å²) in [6, 6.07) is 13.6. The van der Waals surface area contributed by atoms with E-state index in [1.54, 1.807) is 0 Å². The number of hydrogen-bond acceptors (Lipinski definition) is 4. The lowest BCUT2D eigenvalue weighted by Crippen LogP contribution is -2.32. The lowest BCUT2D eigenvalue weighted by atomic mass is 9.99. The molecule has 0 saturated carbocycles. The Kier molecular flexibility index (Phi) is 8.96. The molecule has 0 atom stereocenters. The molecule has 0 heterocycles. The monoisotopic (exact) mass is 477 g/mol. The number of benzene rings is 2. The van der Waals surface area contributed by atoms with Crippen molar-refractivity contribution in [2.75, 3.05) is 35.7 Å². The van der Waals surface area contributed by atoms with E-state index in [2.05, 4.69) is 55.4 Å². The quantitative estimate of drug-likeness (QED) is 0.387. The molecule has 2 aromatic carbocycles. The third kappa shape index (κ3) is 7.10. The number of allylic oxidation sites excluding steroid dienone is 1. The fraction of sp³-hybridized carbons (Fsp3) is 0.448. The van der Waals surface area contributed by atoms with Crippen LogP contribution in [0.15, 0.2) is 48.0 Å². The second-order valence-corrected chi connectivity index (χ2v) is 10.2. The molecule has 0 spiro atoms. The van der Waals surface area contributed by atoms with Crippen molar-refractivity contribution in [2.24, 2.45) is 11.8 Å². The molecule has 0 saturated heterocycles. The van der Waals surface area contributed by atoms with E-state index in [0.717, 1.165) is 65.3 Å². The molecule has 35 heavy (non-hydrogen) atoms. The van der Waals surface area contributed by atoms with Crippen LogP contribution in [0, 0.1) is 18.8 Å². The number of aryl methyl sites for hydroxylation is 1. The minimum absolute atomic E-state index is 0.269. The van der Waals surface area contributed by atoms with Crippen molar-refractivity contribution in [1.29, 1.82) is 0 Å². The first-order valence-corrected chi connectivity index (χ1v) is 12.5. The number of ether oxygens (including phenoxy) is 1. The van der Waals surface area contributed by atoms with Crippen LogP contribution >= 0.6 is 0 Å². The highest BCUT2D eigenvalue weighted by Gasteiger charge is 2.24. The predicted octanol–water partition coefficient (Wildman–Crippen LogP) is 6.87. The molecular weight excluding hydrogens is 438 g/mol. The van der Waals surface area contributed by atoms with Gasteiger partial charge in [0.05, 0.1) is 18.5 Å². The van der Waals surface area contributed by atoms with E-state index in [1.807, 2.05) is 37.3 Å². The van der Waals surface area contributed by atoms with Crippen LogP contribution in [-0.4, -0.2) is 32.2 Å². The SMILES string of the molecule is COC(=O)C1=C(c2ccc(N(CC(C)C)CC(C)C)c(NC(=O)Nc3ccc(C)cc3)c2)CCC1. The standard InChI is InChI=1S/C29H39N3O3/c1-19(2)17-32(18-20(3)4)27-15-12-22(24-8-7-9-25(24)28(33)35-6)16-26(27)31-29(34)30-23-13-10-21(5)11-14-23/h10-16,19-20H,7-9,17-18H2,1-6H3,(H2,30,31,34). The van der Waals surface area contributed by atoms with Gasteiger partial charge in [-0.2, -0.15) is 0 Å². The van der Waals surface area contributed by atoms with E-state index < -0.39 is 0 Å². The van der Waals surface area contributed by atoms with Gasteiger partial charge in [-0.3, -0.25) is 0 Å². The summed E-state index contributed by atoms with van der Waals surface area (Å²) in [5.74, 6) is 0.659. The third-order valence-electron chi connectivity index (χ3n) is 6.06. The molecule has 6 heteroatoms. The minimum Gasteiger partial charge on any atom is -0.466 e. The van der Waals surface area contributed by atoms with E-state index in [-0.39, 0.29) is 12.0 Å². The van der Waals surface area contributed by atoms with Crippen LogP contribution in [0.1, 0.15) is 58.1 Å². The number of nitrogens with zero attached hydrogens (tertiary/aromatic N) is 1. The molecule has 2 N–H and O–H groups in total. The Morgan fingerprint density at radius 3 is 2.20 bits per heavy atom. The summed E-state index contributed by atoms with van der Waals surface area (Å²) in [7, 11) is 1.42. The van der Waals surface area contributed by atoms with Gasteiger partial charge in [-0.25, -0.2) is 9.59 Å². The van der Waals surface area contributed by atoms with Gasteiger partial charge in [-0.1, -0.05) is 51.5 Å². The Bertz CT molecular complexity index is 1060. The van der Waals surface area contributed by atoms with Gasteiger partial charge >= 0.3 is 12.0 Å². The number of amides is 2. The largest absolute Gasteiger partial charge is 0.466 e. The normalized spacial score (nSPS) is 13.4. The van der Waals surface area contributed by atoms with E-state index in [1.165, 1.54) is 7.11 Å². The first-order chi connectivity index (χ1) is 16.7. The first-order valence-electron chi connectivity index (χ1n) is 12.5. The highest BCUT2D eigenvalue weighted by atomic mass is 16.5. The predicted molar refractivity (Wildman–Crippen MR) is 145 cm³/mol. The number of carbonyl (C=O) groups is 2. The smallest absolute Gasteiger partial charge is 0.334 e. The van der Waals surface area contributed by atoms with Gasteiger partial charge in [0.25, 0.3) is 0 Å². The molecule has 2 aromatic rings. The Hall–Kier alpha value is -3.28. The zero-order valence-electron chi connectivity index (χ0n) is 21.9. The molecule has 0 bridgehead atoms. The summed E-state index contributed by atoms with van der Waals surface area (Å²) in [6.07, 6.45) is 2.46. The van der Waals surface area contributed by atoms with Crippen molar-refractivity contribution >= 4 is 34.6 Å². The van der Waals surface area contributed by atoms with Crippen LogP contribution in [0.4, 0.5) is 21.9 Å². The van der Waals surface area contributed by atoms with Crippen LogP contribution in [0.5, 0.6) is 0 Å². The zero-order valence-corrected chi connectivity index (χ0v) is 21.9. The van der Waals surface area contributed by atoms with Crippen LogP contribution in [0.2, 0.25) is 0 Å². The summed E-state index contributed by atoms with van der Waals surface area (Å²) in [5.41, 5.74) is 6.27. The molecule has 0 radical (unpaired) electrons. The van der Waals surface area contributed by atoms with E-state index in [4.69, 9.17) is 4.74 Å². The highest BCUT2D eigenvalue weighted by Crippen LogP contribution is 2.38. The Balaban J connectivity index is 1.99. The number of hydrogen-bond donors (Lipinski definition) is 2. The lowest BCUT2D eigenvalue weighted by molar-refractivity contribution is -0.136. The number of urea groups is 1. The second-order valence-electron chi connectivity index (χ2n) is 10.2. The molecule has 0 aromatic heterocycles. The Morgan fingerprint density at radius 1 is 0.943 bits per heavy atom. The molecule has 1 aliphatic carbocycles. The maximum Gasteiger partial charge on any atom is 0.334 e. The minimum atomic E-state index is -0.296. The fourth-order valence-corrected chi connectivity index (χ4v) is 4.58. The van der Waals surface area contributed by atoms with Crippen molar-refractivity contribution in [2.45, 2.75) is 53.9 Å². The molecule has 188 valence electrons. The number of esters is 1. The molecule has 2 amide bonds. The Morgan fingerprint density at radius 2 is 1.60 bits per heavy atom. The fourth-order valence-electron chi connectivity index (χ4n) is 4.58. The maximum absolute atomic E-state index is 13.0. The lowest BCUT2D eigenvalue weighted by Gasteiger charge is -2.31. The van der Waals surface area contributed by atoms with Crippen molar-refractivity contribution in [3.8, 4) is 0 Å². The summed E-state index contributed by atoms with van der Waals surface area (Å²) >= 11 is 0. The van der Waals surface area contributed by atoms with Gasteiger partial charge in [0.2, 0.25) is 0 Å². The van der Waals surface area contributed by atoms with Gasteiger partial charge in [-0.05, 0) is 73.4 Å². The number of nitrogens with one attached hydrogen (secondary N) is 2. The summed E-state index contributed by atoms with van der Waals surface area (Å²) in [6.45, 7) is 12.6. The molecule has 6 nitrogen and oxygen atoms in total. The van der Waals surface area contributed by atoms with E-state index in [0.29, 0.717) is 18.3 Å². The number of rotatable bonds is 9. The molecular formula is C29H39N3O3. The number of anilines is 3. The zero-order chi connectivity index (χ0) is 25.5. The molecule has 0 unspecified atom stereocenters. The molecule has 0 aliphatic heterocycles. The van der Waals surface area contributed by atoms with Crippen molar-refractivity contribution in [1.82, 2.24) is 0 Å². The van der Waals surface area contributed by atoms with E-state index in [9.17, 15) is 9.59 Å². The van der Waals surface area contributed by atoms with Gasteiger partial charge in [0.15, 0.2) is 0 Å². The highest BCUT2D eigenvalue weighted by molar-refractivity contribution is 6.03. The number of methoxy groups -OCH3 is 1.